The van der Waals surface area contributed by atoms with Gasteiger partial charge in [-0.3, -0.25) is 0 Å². The molecule has 1 saturated heterocycles. The van der Waals surface area contributed by atoms with Gasteiger partial charge in [-0.05, 0) is 31.5 Å². The number of sulfone groups is 1. The largest absolute Gasteiger partial charge is 0.380 e. The minimum atomic E-state index is -3.24. The maximum Gasteiger partial charge on any atom is 0.180 e. The van der Waals surface area contributed by atoms with E-state index in [0.717, 1.165) is 0 Å². The molecule has 1 heterocycles. The van der Waals surface area contributed by atoms with Gasteiger partial charge in [0.25, 0.3) is 0 Å². The van der Waals surface area contributed by atoms with E-state index in [1.165, 1.54) is 0 Å². The Kier molecular flexibility index (Phi) is 3.01. The third kappa shape index (κ3) is 2.10. The summed E-state index contributed by atoms with van der Waals surface area (Å²) in [5.74, 6) is 0. The van der Waals surface area contributed by atoms with Gasteiger partial charge in [-0.25, -0.2) is 8.42 Å². The van der Waals surface area contributed by atoms with Gasteiger partial charge in [-0.2, -0.15) is 0 Å². The fourth-order valence-electron chi connectivity index (χ4n) is 1.69. The molecule has 1 aromatic rings. The topological polar surface area (TPSA) is 63.6 Å². The third-order valence-corrected chi connectivity index (χ3v) is 5.19. The Labute approximate surface area is 101 Å². The van der Waals surface area contributed by atoms with Crippen LogP contribution in [0, 0.1) is 0 Å². The predicted octanol–water partition coefficient (Wildman–Crippen LogP) is 1.09. The molecule has 0 aromatic heterocycles. The highest BCUT2D eigenvalue weighted by atomic mass is 32.2. The first-order valence-electron chi connectivity index (χ1n) is 5.51. The van der Waals surface area contributed by atoms with E-state index in [9.17, 15) is 13.5 Å². The van der Waals surface area contributed by atoms with Crippen LogP contribution >= 0.6 is 0 Å². The van der Waals surface area contributed by atoms with Crippen LogP contribution in [-0.4, -0.2) is 32.0 Å². The Hall–Kier alpha value is -0.910. The van der Waals surface area contributed by atoms with Gasteiger partial charge in [-0.15, -0.1) is 0 Å². The molecule has 1 aromatic carbocycles. The lowest BCUT2D eigenvalue weighted by Gasteiger charge is -2.36. The zero-order valence-electron chi connectivity index (χ0n) is 9.88. The van der Waals surface area contributed by atoms with Crippen molar-refractivity contribution in [3.05, 3.63) is 29.8 Å². The molecule has 94 valence electrons. The maximum atomic E-state index is 11.9. The maximum absolute atomic E-state index is 11.9. The summed E-state index contributed by atoms with van der Waals surface area (Å²) >= 11 is 0. The van der Waals surface area contributed by atoms with Crippen molar-refractivity contribution in [3.8, 4) is 0 Å². The van der Waals surface area contributed by atoms with Crippen LogP contribution in [0.3, 0.4) is 0 Å². The van der Waals surface area contributed by atoms with E-state index in [0.29, 0.717) is 10.5 Å². The van der Waals surface area contributed by atoms with E-state index < -0.39 is 20.7 Å². The van der Waals surface area contributed by atoms with Gasteiger partial charge in [-0.1, -0.05) is 12.1 Å². The number of aliphatic hydroxyl groups is 1. The average molecular weight is 256 g/mol. The smallest absolute Gasteiger partial charge is 0.180 e. The molecule has 5 heteroatoms. The van der Waals surface area contributed by atoms with E-state index in [-0.39, 0.29) is 13.2 Å². The second-order valence-corrected chi connectivity index (χ2v) is 7.15. The molecule has 0 radical (unpaired) electrons. The fourth-order valence-corrected chi connectivity index (χ4v) is 2.75. The highest BCUT2D eigenvalue weighted by Gasteiger charge is 2.38. The van der Waals surface area contributed by atoms with E-state index in [1.807, 2.05) is 0 Å². The van der Waals surface area contributed by atoms with Gasteiger partial charge in [0.2, 0.25) is 0 Å². The average Bonchev–Trinajstić information content (AvgIpc) is 2.26. The summed E-state index contributed by atoms with van der Waals surface area (Å²) in [4.78, 5) is 0.292. The fraction of sp³-hybridized carbons (Fsp3) is 0.500. The number of rotatable bonds is 3. The van der Waals surface area contributed by atoms with Gasteiger partial charge in [0, 0.05) is 0 Å². The Morgan fingerprint density at radius 1 is 1.24 bits per heavy atom. The van der Waals surface area contributed by atoms with Crippen molar-refractivity contribution in [1.29, 1.82) is 0 Å². The molecule has 17 heavy (non-hydrogen) atoms. The highest BCUT2D eigenvalue weighted by molar-refractivity contribution is 7.92. The molecule has 4 nitrogen and oxygen atoms in total. The Morgan fingerprint density at radius 3 is 2.12 bits per heavy atom. The quantitative estimate of drug-likeness (QED) is 0.879. The van der Waals surface area contributed by atoms with Gasteiger partial charge < -0.3 is 9.84 Å². The van der Waals surface area contributed by atoms with Gasteiger partial charge in [0.05, 0.1) is 23.4 Å². The SMILES string of the molecule is CC(C)S(=O)(=O)c1ccc(C2(O)COC2)cc1. The number of hydrogen-bond donors (Lipinski definition) is 1. The standard InChI is InChI=1S/C12H16O4S/c1-9(2)17(14,15)11-5-3-10(4-6-11)12(13)7-16-8-12/h3-6,9,13H,7-8H2,1-2H3. The Morgan fingerprint density at radius 2 is 1.76 bits per heavy atom. The van der Waals surface area contributed by atoms with Crippen molar-refractivity contribution in [2.45, 2.75) is 29.6 Å². The normalized spacial score (nSPS) is 19.1. The molecule has 0 bridgehead atoms. The van der Waals surface area contributed by atoms with Crippen LogP contribution in [0.15, 0.2) is 29.2 Å². The lowest BCUT2D eigenvalue weighted by molar-refractivity contribution is -0.184. The van der Waals surface area contributed by atoms with Crippen molar-refractivity contribution < 1.29 is 18.3 Å². The molecule has 1 aliphatic heterocycles. The lowest BCUT2D eigenvalue weighted by atomic mass is 9.92. The molecule has 1 N–H and O–H groups in total. The van der Waals surface area contributed by atoms with Gasteiger partial charge >= 0.3 is 0 Å². The van der Waals surface area contributed by atoms with Gasteiger partial charge in [0.15, 0.2) is 9.84 Å². The summed E-state index contributed by atoms with van der Waals surface area (Å²) in [7, 11) is -3.24. The van der Waals surface area contributed by atoms with E-state index in [2.05, 4.69) is 0 Å². The highest BCUT2D eigenvalue weighted by Crippen LogP contribution is 2.30. The Balaban J connectivity index is 2.31. The summed E-state index contributed by atoms with van der Waals surface area (Å²) in [5, 5.41) is 9.57. The first-order chi connectivity index (χ1) is 7.86. The third-order valence-electron chi connectivity index (χ3n) is 3.02. The van der Waals surface area contributed by atoms with E-state index in [1.54, 1.807) is 38.1 Å². The monoisotopic (exact) mass is 256 g/mol. The number of ether oxygens (including phenoxy) is 1. The van der Waals surface area contributed by atoms with Crippen LogP contribution < -0.4 is 0 Å². The van der Waals surface area contributed by atoms with Crippen molar-refractivity contribution in [1.82, 2.24) is 0 Å². The summed E-state index contributed by atoms with van der Waals surface area (Å²) in [5.41, 5.74) is -0.244. The second kappa shape index (κ2) is 4.08. The molecule has 0 unspecified atom stereocenters. The summed E-state index contributed by atoms with van der Waals surface area (Å²) in [6.07, 6.45) is 0. The first kappa shape index (κ1) is 12.5. The molecule has 0 atom stereocenters. The summed E-state index contributed by atoms with van der Waals surface area (Å²) in [6, 6.07) is 6.39. The van der Waals surface area contributed by atoms with Crippen molar-refractivity contribution in [2.75, 3.05) is 13.2 Å². The van der Waals surface area contributed by atoms with Gasteiger partial charge in [0.1, 0.15) is 5.60 Å². The van der Waals surface area contributed by atoms with Crippen LogP contribution in [0.25, 0.3) is 0 Å². The molecule has 1 aliphatic rings. The molecule has 1 fully saturated rings. The lowest BCUT2D eigenvalue weighted by Crippen LogP contribution is -2.46. The molecular weight excluding hydrogens is 240 g/mol. The Bertz CT molecular complexity index is 498. The van der Waals surface area contributed by atoms with Crippen LogP contribution in [0.5, 0.6) is 0 Å². The molecule has 0 spiro atoms. The van der Waals surface area contributed by atoms with Crippen LogP contribution in [0.4, 0.5) is 0 Å². The molecule has 0 amide bonds. The molecule has 2 rings (SSSR count). The zero-order valence-corrected chi connectivity index (χ0v) is 10.7. The van der Waals surface area contributed by atoms with Crippen molar-refractivity contribution >= 4 is 9.84 Å². The molecule has 0 aliphatic carbocycles. The minimum absolute atomic E-state index is 0.267. The minimum Gasteiger partial charge on any atom is -0.380 e. The molecule has 0 saturated carbocycles. The predicted molar refractivity (Wildman–Crippen MR) is 63.5 cm³/mol. The van der Waals surface area contributed by atoms with Crippen molar-refractivity contribution in [3.63, 3.8) is 0 Å². The van der Waals surface area contributed by atoms with Crippen molar-refractivity contribution in [2.24, 2.45) is 0 Å². The van der Waals surface area contributed by atoms with Crippen LogP contribution in [-0.2, 0) is 20.2 Å². The molecular formula is C12H16O4S. The van der Waals surface area contributed by atoms with E-state index in [4.69, 9.17) is 4.74 Å². The second-order valence-electron chi connectivity index (χ2n) is 4.64. The number of benzene rings is 1. The van der Waals surface area contributed by atoms with Crippen LogP contribution in [0.2, 0.25) is 0 Å². The van der Waals surface area contributed by atoms with Crippen LogP contribution in [0.1, 0.15) is 19.4 Å². The number of hydrogen-bond acceptors (Lipinski definition) is 4. The summed E-state index contributed by atoms with van der Waals surface area (Å²) in [6.45, 7) is 3.83. The zero-order chi connectivity index (χ0) is 12.7. The first-order valence-corrected chi connectivity index (χ1v) is 7.05. The van der Waals surface area contributed by atoms with E-state index >= 15 is 0 Å². The summed E-state index contributed by atoms with van der Waals surface area (Å²) < 4.78 is 28.7.